The average Bonchev–Trinajstić information content (AvgIpc) is 2.79. The van der Waals surface area contributed by atoms with Crippen LogP contribution in [0.4, 0.5) is 0 Å². The van der Waals surface area contributed by atoms with Gasteiger partial charge in [-0.3, -0.25) is 15.0 Å². The molecule has 3 rings (SSSR count). The molecule has 0 fully saturated rings. The number of hydrogen-bond donors (Lipinski definition) is 3. The third kappa shape index (κ3) is 6.68. The Balaban J connectivity index is 1.62. The van der Waals surface area contributed by atoms with Gasteiger partial charge in [0, 0.05) is 16.7 Å². The summed E-state index contributed by atoms with van der Waals surface area (Å²) in [6.45, 7) is 1.47. The molecule has 0 aliphatic carbocycles. The highest BCUT2D eigenvalue weighted by atomic mass is 16.2. The predicted octanol–water partition coefficient (Wildman–Crippen LogP) is 3.23. The average molecular weight is 424 g/mol. The van der Waals surface area contributed by atoms with Gasteiger partial charge in [0.25, 0.3) is 0 Å². The first-order chi connectivity index (χ1) is 15.4. The van der Waals surface area contributed by atoms with E-state index in [0.29, 0.717) is 12.0 Å². The van der Waals surface area contributed by atoms with Crippen molar-refractivity contribution < 1.29 is 9.59 Å². The number of benzene rings is 3. The van der Waals surface area contributed by atoms with Gasteiger partial charge in [0.1, 0.15) is 5.84 Å². The lowest BCUT2D eigenvalue weighted by molar-refractivity contribution is -0.126. The second-order valence-corrected chi connectivity index (χ2v) is 7.54. The Kier molecular flexibility index (Phi) is 7.55. The quantitative estimate of drug-likeness (QED) is 0.309. The van der Waals surface area contributed by atoms with E-state index in [-0.39, 0.29) is 23.9 Å². The van der Waals surface area contributed by atoms with Crippen molar-refractivity contribution in [1.82, 2.24) is 5.32 Å². The number of rotatable bonds is 7. The molecule has 0 radical (unpaired) electrons. The van der Waals surface area contributed by atoms with Crippen molar-refractivity contribution in [3.63, 3.8) is 0 Å². The van der Waals surface area contributed by atoms with Crippen LogP contribution in [-0.4, -0.2) is 23.6 Å². The topological polar surface area (TPSA) is 96.0 Å². The van der Waals surface area contributed by atoms with E-state index in [1.165, 1.54) is 6.92 Å². The number of nitrogen functional groups attached to an aromatic ring is 1. The summed E-state index contributed by atoms with van der Waals surface area (Å²) in [6.07, 6.45) is 0.514. The van der Waals surface area contributed by atoms with E-state index in [4.69, 9.17) is 11.1 Å². The number of carbonyl (C=O) groups excluding carboxylic acids is 2. The van der Waals surface area contributed by atoms with Gasteiger partial charge >= 0.3 is 0 Å². The molecule has 0 unspecified atom stereocenters. The minimum absolute atomic E-state index is 0.0502. The Bertz CT molecular complexity index is 1170. The van der Waals surface area contributed by atoms with Crippen LogP contribution in [0, 0.1) is 17.3 Å². The highest BCUT2D eigenvalue weighted by Gasteiger charge is 2.18. The van der Waals surface area contributed by atoms with Gasteiger partial charge in [0.15, 0.2) is 5.78 Å². The predicted molar refractivity (Wildman–Crippen MR) is 126 cm³/mol. The first kappa shape index (κ1) is 22.5. The van der Waals surface area contributed by atoms with Crippen molar-refractivity contribution in [2.75, 3.05) is 0 Å². The number of nitrogens with one attached hydrogen (secondary N) is 2. The van der Waals surface area contributed by atoms with E-state index in [9.17, 15) is 9.59 Å². The van der Waals surface area contributed by atoms with E-state index in [1.54, 1.807) is 24.3 Å². The standard InChI is InChI=1S/C27H25N3O2/c1-19(31)25(30-26(32)18-23-8-5-9-24(16-23)27(28)29)17-22-14-12-21(13-15-22)11-10-20-6-3-2-4-7-20/h2-9,12-16,25H,17-18H2,1H3,(H3,28,29)(H,30,32)/t25-/m0/s1. The lowest BCUT2D eigenvalue weighted by Gasteiger charge is -2.16. The normalized spacial score (nSPS) is 11.0. The summed E-state index contributed by atoms with van der Waals surface area (Å²) in [5, 5.41) is 10.3. The van der Waals surface area contributed by atoms with Gasteiger partial charge in [0.2, 0.25) is 5.91 Å². The van der Waals surface area contributed by atoms with Crippen LogP contribution < -0.4 is 11.1 Å². The van der Waals surface area contributed by atoms with E-state index in [2.05, 4.69) is 17.2 Å². The summed E-state index contributed by atoms with van der Waals surface area (Å²) in [5.74, 6) is 5.83. The summed E-state index contributed by atoms with van der Waals surface area (Å²) in [4.78, 5) is 24.6. The molecule has 0 aromatic heterocycles. The highest BCUT2D eigenvalue weighted by molar-refractivity contribution is 5.95. The summed E-state index contributed by atoms with van der Waals surface area (Å²) in [5.41, 5.74) is 9.58. The number of amidine groups is 1. The van der Waals surface area contributed by atoms with Gasteiger partial charge < -0.3 is 11.1 Å². The fourth-order valence-corrected chi connectivity index (χ4v) is 3.20. The monoisotopic (exact) mass is 423 g/mol. The zero-order valence-electron chi connectivity index (χ0n) is 17.9. The van der Waals surface area contributed by atoms with Crippen LogP contribution in [0.2, 0.25) is 0 Å². The van der Waals surface area contributed by atoms with Crippen molar-refractivity contribution in [2.45, 2.75) is 25.8 Å². The number of nitrogens with two attached hydrogens (primary N) is 1. The van der Waals surface area contributed by atoms with Crippen LogP contribution in [0.1, 0.15) is 34.7 Å². The van der Waals surface area contributed by atoms with Crippen molar-refractivity contribution in [2.24, 2.45) is 5.73 Å². The largest absolute Gasteiger partial charge is 0.384 e. The molecule has 160 valence electrons. The Morgan fingerprint density at radius 3 is 2.19 bits per heavy atom. The van der Waals surface area contributed by atoms with E-state index < -0.39 is 6.04 Å². The molecule has 0 saturated heterocycles. The number of Topliss-reactive ketones (excluding diaryl/α,β-unsaturated/α-hetero) is 1. The molecular formula is C27H25N3O2. The molecule has 0 bridgehead atoms. The van der Waals surface area contributed by atoms with E-state index in [0.717, 1.165) is 22.3 Å². The molecule has 5 nitrogen and oxygen atoms in total. The van der Waals surface area contributed by atoms with Gasteiger partial charge in [0.05, 0.1) is 12.5 Å². The number of carbonyl (C=O) groups is 2. The molecule has 0 aliphatic rings. The van der Waals surface area contributed by atoms with Gasteiger partial charge in [-0.25, -0.2) is 0 Å². The van der Waals surface area contributed by atoms with Crippen LogP contribution in [0.15, 0.2) is 78.9 Å². The molecule has 5 heteroatoms. The molecule has 3 aromatic carbocycles. The molecule has 32 heavy (non-hydrogen) atoms. The van der Waals surface area contributed by atoms with Crippen LogP contribution >= 0.6 is 0 Å². The molecule has 1 atom stereocenters. The minimum Gasteiger partial charge on any atom is -0.384 e. The van der Waals surface area contributed by atoms with Crippen molar-refractivity contribution in [3.05, 3.63) is 107 Å². The Hall–Kier alpha value is -4.17. The molecule has 0 saturated carbocycles. The van der Waals surface area contributed by atoms with Gasteiger partial charge in [-0.05, 0) is 54.8 Å². The second kappa shape index (κ2) is 10.7. The maximum Gasteiger partial charge on any atom is 0.225 e. The zero-order valence-corrected chi connectivity index (χ0v) is 17.9. The van der Waals surface area contributed by atoms with Crippen molar-refractivity contribution in [3.8, 4) is 11.8 Å². The fraction of sp³-hybridized carbons (Fsp3) is 0.148. The molecule has 0 heterocycles. The zero-order chi connectivity index (χ0) is 22.9. The van der Waals surface area contributed by atoms with Crippen LogP contribution in [-0.2, 0) is 22.4 Å². The first-order valence-electron chi connectivity index (χ1n) is 10.3. The Labute approximate surface area is 188 Å². The first-order valence-corrected chi connectivity index (χ1v) is 10.3. The van der Waals surface area contributed by atoms with E-state index >= 15 is 0 Å². The van der Waals surface area contributed by atoms with Crippen molar-refractivity contribution in [1.29, 1.82) is 5.41 Å². The minimum atomic E-state index is -0.611. The third-order valence-corrected chi connectivity index (χ3v) is 4.95. The highest BCUT2D eigenvalue weighted by Crippen LogP contribution is 2.09. The van der Waals surface area contributed by atoms with Crippen molar-refractivity contribution >= 4 is 17.5 Å². The molecule has 0 aliphatic heterocycles. The van der Waals surface area contributed by atoms with Crippen LogP contribution in [0.3, 0.4) is 0 Å². The summed E-state index contributed by atoms with van der Waals surface area (Å²) < 4.78 is 0. The maximum absolute atomic E-state index is 12.5. The smallest absolute Gasteiger partial charge is 0.225 e. The Morgan fingerprint density at radius 1 is 0.906 bits per heavy atom. The molecule has 0 spiro atoms. The van der Waals surface area contributed by atoms with Crippen LogP contribution in [0.25, 0.3) is 0 Å². The fourth-order valence-electron chi connectivity index (χ4n) is 3.20. The summed E-state index contributed by atoms with van der Waals surface area (Å²) >= 11 is 0. The summed E-state index contributed by atoms with van der Waals surface area (Å²) in [7, 11) is 0. The molecule has 3 aromatic rings. The second-order valence-electron chi connectivity index (χ2n) is 7.54. The molecule has 4 N–H and O–H groups in total. The number of hydrogen-bond acceptors (Lipinski definition) is 3. The Morgan fingerprint density at radius 2 is 1.56 bits per heavy atom. The van der Waals surface area contributed by atoms with Gasteiger partial charge in [-0.1, -0.05) is 60.4 Å². The molecule has 1 amide bonds. The SMILES string of the molecule is CC(=O)[C@H](Cc1ccc(C#Cc2ccccc2)cc1)NC(=O)Cc1cccc(C(=N)N)c1. The van der Waals surface area contributed by atoms with Crippen LogP contribution in [0.5, 0.6) is 0 Å². The molecular weight excluding hydrogens is 398 g/mol. The van der Waals surface area contributed by atoms with Gasteiger partial charge in [-0.2, -0.15) is 0 Å². The maximum atomic E-state index is 12.5. The lowest BCUT2D eigenvalue weighted by Crippen LogP contribution is -2.42. The lowest BCUT2D eigenvalue weighted by atomic mass is 10.0. The summed E-state index contributed by atoms with van der Waals surface area (Å²) in [6, 6.07) is 23.8. The number of amides is 1. The van der Waals surface area contributed by atoms with Gasteiger partial charge in [-0.15, -0.1) is 0 Å². The number of ketones is 1. The van der Waals surface area contributed by atoms with E-state index in [1.807, 2.05) is 54.6 Å². The third-order valence-electron chi connectivity index (χ3n) is 4.95.